The molecule has 0 aliphatic rings. The van der Waals surface area contributed by atoms with E-state index in [4.69, 9.17) is 14.9 Å². The largest absolute Gasteiger partial charge is 0.481 e. The molecule has 0 aliphatic heterocycles. The number of allylic oxidation sites excluding steroid dienone is 12. The molecule has 64 heavy (non-hydrogen) atoms. The lowest BCUT2D eigenvalue weighted by molar-refractivity contribution is -0.145. The molecule has 0 aromatic heterocycles. The zero-order chi connectivity index (χ0) is 46.5. The highest BCUT2D eigenvalue weighted by Crippen LogP contribution is 2.21. The normalized spacial score (nSPS) is 12.7. The van der Waals surface area contributed by atoms with Gasteiger partial charge in [-0.15, -0.1) is 0 Å². The van der Waals surface area contributed by atoms with E-state index in [1.165, 1.54) is 122 Å². The van der Waals surface area contributed by atoms with Gasteiger partial charge in [0.05, 0.1) is 6.61 Å². The molecule has 0 aliphatic carbocycles. The van der Waals surface area contributed by atoms with Crippen LogP contribution in [0, 0.1) is 5.92 Å². The van der Waals surface area contributed by atoms with Crippen molar-refractivity contribution >= 4 is 17.9 Å². The molecule has 0 bridgehead atoms. The van der Waals surface area contributed by atoms with Crippen molar-refractivity contribution in [1.29, 1.82) is 0 Å². The fourth-order valence-electron chi connectivity index (χ4n) is 7.92. The highest BCUT2D eigenvalue weighted by molar-refractivity contribution is 5.69. The Morgan fingerprint density at radius 3 is 0.969 bits per heavy atom. The number of rotatable bonds is 50. The molecule has 0 spiro atoms. The minimum atomic E-state index is -0.684. The first-order valence-corrected chi connectivity index (χ1v) is 26.9. The summed E-state index contributed by atoms with van der Waals surface area (Å²) in [5.74, 6) is -0.901. The van der Waals surface area contributed by atoms with Crippen molar-refractivity contribution in [3.8, 4) is 0 Å². The van der Waals surface area contributed by atoms with E-state index in [2.05, 4.69) is 79.8 Å². The molecular formula is C58H100O6. The van der Waals surface area contributed by atoms with Crippen LogP contribution in [-0.4, -0.2) is 34.7 Å². The fraction of sp³-hybridized carbons (Fsp3) is 0.741. The highest BCUT2D eigenvalue weighted by atomic mass is 16.5. The Balaban J connectivity index is 4.30. The van der Waals surface area contributed by atoms with Crippen molar-refractivity contribution in [1.82, 2.24) is 0 Å². The number of carboxylic acid groups (broad SMARTS) is 2. The molecule has 0 radical (unpaired) electrons. The van der Waals surface area contributed by atoms with Crippen molar-refractivity contribution in [2.45, 2.75) is 264 Å². The molecule has 0 rings (SSSR count). The van der Waals surface area contributed by atoms with Gasteiger partial charge in [0.15, 0.2) is 0 Å². The second kappa shape index (κ2) is 52.5. The number of carbonyl (C=O) groups excluding carboxylic acids is 1. The summed E-state index contributed by atoms with van der Waals surface area (Å²) in [5.41, 5.74) is 0. The molecular weight excluding hydrogens is 793 g/mol. The van der Waals surface area contributed by atoms with Crippen LogP contribution in [-0.2, 0) is 19.1 Å². The predicted octanol–water partition coefficient (Wildman–Crippen LogP) is 18.3. The summed E-state index contributed by atoms with van der Waals surface area (Å²) in [6.07, 6.45) is 71.2. The first-order chi connectivity index (χ1) is 31.5. The van der Waals surface area contributed by atoms with Crippen molar-refractivity contribution in [3.05, 3.63) is 72.9 Å². The Morgan fingerprint density at radius 1 is 0.359 bits per heavy atom. The minimum Gasteiger partial charge on any atom is -0.481 e. The average Bonchev–Trinajstić information content (AvgIpc) is 3.28. The maximum absolute atomic E-state index is 12.7. The fourth-order valence-corrected chi connectivity index (χ4v) is 7.92. The third-order valence-corrected chi connectivity index (χ3v) is 12.0. The van der Waals surface area contributed by atoms with Crippen LogP contribution < -0.4 is 0 Å². The van der Waals surface area contributed by atoms with Crippen molar-refractivity contribution in [2.24, 2.45) is 5.92 Å². The summed E-state index contributed by atoms with van der Waals surface area (Å²) >= 11 is 0. The van der Waals surface area contributed by atoms with Gasteiger partial charge in [0, 0.05) is 19.3 Å². The summed E-state index contributed by atoms with van der Waals surface area (Å²) in [4.78, 5) is 33.9. The third kappa shape index (κ3) is 53.2. The van der Waals surface area contributed by atoms with E-state index in [1.807, 2.05) is 0 Å². The summed E-state index contributed by atoms with van der Waals surface area (Å²) in [6, 6.07) is 0. The molecule has 6 heteroatoms. The molecule has 0 saturated carbocycles. The minimum absolute atomic E-state index is 0.00567. The van der Waals surface area contributed by atoms with Gasteiger partial charge in [-0.2, -0.15) is 0 Å². The van der Waals surface area contributed by atoms with E-state index in [0.717, 1.165) is 116 Å². The molecule has 0 fully saturated rings. The second-order valence-corrected chi connectivity index (χ2v) is 18.3. The molecule has 0 saturated heterocycles. The van der Waals surface area contributed by atoms with Gasteiger partial charge in [0.2, 0.25) is 0 Å². The van der Waals surface area contributed by atoms with Crippen LogP contribution in [0.1, 0.15) is 264 Å². The van der Waals surface area contributed by atoms with Crippen LogP contribution in [0.2, 0.25) is 0 Å². The van der Waals surface area contributed by atoms with Gasteiger partial charge in [-0.05, 0) is 134 Å². The zero-order valence-corrected chi connectivity index (χ0v) is 41.5. The number of carboxylic acids is 2. The molecule has 2 N–H and O–H groups in total. The number of hydrogen-bond acceptors (Lipinski definition) is 4. The Kier molecular flexibility index (Phi) is 49.9. The lowest BCUT2D eigenvalue weighted by Crippen LogP contribution is -2.14. The molecule has 6 nitrogen and oxygen atoms in total. The lowest BCUT2D eigenvalue weighted by atomic mass is 9.95. The smallest absolute Gasteiger partial charge is 0.305 e. The molecule has 0 amide bonds. The van der Waals surface area contributed by atoms with E-state index in [0.29, 0.717) is 31.8 Å². The molecule has 0 unspecified atom stereocenters. The number of hydrogen-bond donors (Lipinski definition) is 2. The van der Waals surface area contributed by atoms with Crippen molar-refractivity contribution in [2.75, 3.05) is 6.61 Å². The van der Waals surface area contributed by atoms with E-state index >= 15 is 0 Å². The van der Waals surface area contributed by atoms with E-state index < -0.39 is 11.9 Å². The summed E-state index contributed by atoms with van der Waals surface area (Å²) < 4.78 is 5.89. The quantitative estimate of drug-likeness (QED) is 0.0358. The van der Waals surface area contributed by atoms with E-state index in [1.54, 1.807) is 0 Å². The summed E-state index contributed by atoms with van der Waals surface area (Å²) in [6.45, 7) is 2.84. The van der Waals surface area contributed by atoms with Gasteiger partial charge in [-0.1, -0.05) is 189 Å². The summed E-state index contributed by atoms with van der Waals surface area (Å²) in [5, 5.41) is 17.4. The van der Waals surface area contributed by atoms with Crippen LogP contribution in [0.25, 0.3) is 0 Å². The van der Waals surface area contributed by atoms with Crippen LogP contribution in [0.4, 0.5) is 0 Å². The Hall–Kier alpha value is -3.15. The van der Waals surface area contributed by atoms with Gasteiger partial charge in [0.25, 0.3) is 0 Å². The van der Waals surface area contributed by atoms with E-state index in [9.17, 15) is 14.4 Å². The van der Waals surface area contributed by atoms with Crippen molar-refractivity contribution in [3.63, 3.8) is 0 Å². The van der Waals surface area contributed by atoms with Gasteiger partial charge < -0.3 is 14.9 Å². The van der Waals surface area contributed by atoms with Gasteiger partial charge >= 0.3 is 17.9 Å². The lowest BCUT2D eigenvalue weighted by Gasteiger charge is -2.17. The van der Waals surface area contributed by atoms with Gasteiger partial charge in [-0.3, -0.25) is 14.4 Å². The molecule has 0 aromatic rings. The second-order valence-electron chi connectivity index (χ2n) is 18.3. The first-order valence-electron chi connectivity index (χ1n) is 26.9. The number of aliphatic carboxylic acids is 2. The molecule has 0 atom stereocenters. The van der Waals surface area contributed by atoms with Gasteiger partial charge in [-0.25, -0.2) is 0 Å². The third-order valence-electron chi connectivity index (χ3n) is 12.0. The maximum Gasteiger partial charge on any atom is 0.305 e. The standard InChI is InChI=1S/C58H100O6/c1-2-3-4-5-6-7-8-9-14-23-28-33-38-43-48-53-58(63)64-54-55(49-44-39-34-29-24-19-15-10-12-17-21-26-31-36-41-46-51-56(59)60)50-45-40-35-30-25-20-16-11-13-18-22-27-32-37-42-47-52-57(61)62/h6-7,9,12-20,55H,2-5,8,10-11,21-54H2,1H3,(H,59,60)(H,61,62)/b7-6-,14-9-,17-12?,18-13?,19-15?,20-16?. The maximum atomic E-state index is 12.7. The van der Waals surface area contributed by atoms with E-state index in [-0.39, 0.29) is 5.97 Å². The van der Waals surface area contributed by atoms with Crippen LogP contribution in [0.5, 0.6) is 0 Å². The number of carbonyl (C=O) groups is 3. The first kappa shape index (κ1) is 60.9. The topological polar surface area (TPSA) is 101 Å². The zero-order valence-electron chi connectivity index (χ0n) is 41.5. The monoisotopic (exact) mass is 893 g/mol. The highest BCUT2D eigenvalue weighted by Gasteiger charge is 2.12. The predicted molar refractivity (Wildman–Crippen MR) is 275 cm³/mol. The molecule has 0 heterocycles. The van der Waals surface area contributed by atoms with Crippen LogP contribution in [0.15, 0.2) is 72.9 Å². The molecule has 368 valence electrons. The van der Waals surface area contributed by atoms with Gasteiger partial charge in [0.1, 0.15) is 0 Å². The Bertz CT molecular complexity index is 1150. The van der Waals surface area contributed by atoms with Crippen molar-refractivity contribution < 1.29 is 29.3 Å². The number of esters is 1. The SMILES string of the molecule is CCCCC/C=C\C/C=C\CCCCCCCC(=O)OCC(CCCCCCC=CCC=CCCCCCCCC(=O)O)CCCCCCC=CCC=CCCCCCCCC(=O)O. The van der Waals surface area contributed by atoms with Crippen LogP contribution in [0.3, 0.4) is 0 Å². The Morgan fingerprint density at radius 2 is 0.641 bits per heavy atom. The number of unbranched alkanes of at least 4 members (excludes halogenated alkanes) is 26. The Labute approximate surface area is 395 Å². The van der Waals surface area contributed by atoms with Crippen LogP contribution >= 0.6 is 0 Å². The average molecular weight is 893 g/mol. The summed E-state index contributed by atoms with van der Waals surface area (Å²) in [7, 11) is 0. The number of ether oxygens (including phenoxy) is 1. The molecule has 0 aromatic carbocycles.